The highest BCUT2D eigenvalue weighted by Gasteiger charge is 2.36. The first-order valence-electron chi connectivity index (χ1n) is 8.95. The average Bonchev–Trinajstić information content (AvgIpc) is 2.73. The fraction of sp³-hybridized carbons (Fsp3) is 0.238. The minimum Gasteiger partial charge on any atom is -0.265 e. The normalized spacial score (nSPS) is 16.1. The van der Waals surface area contributed by atoms with Gasteiger partial charge in [-0.1, -0.05) is 36.4 Å². The second kappa shape index (κ2) is 8.32. The summed E-state index contributed by atoms with van der Waals surface area (Å²) in [6.07, 6.45) is 1.14. The predicted molar refractivity (Wildman–Crippen MR) is 104 cm³/mol. The smallest absolute Gasteiger partial charge is 0.265 e. The summed E-state index contributed by atoms with van der Waals surface area (Å²) in [6.45, 7) is -0.457. The van der Waals surface area contributed by atoms with Crippen molar-refractivity contribution in [3.05, 3.63) is 91.0 Å². The lowest BCUT2D eigenvalue weighted by Gasteiger charge is -2.32. The molecule has 0 fully saturated rings. The van der Waals surface area contributed by atoms with Crippen LogP contribution in [-0.2, 0) is 6.42 Å². The summed E-state index contributed by atoms with van der Waals surface area (Å²) in [4.78, 5) is 21.6. The Bertz CT molecular complexity index is 1080. The Morgan fingerprint density at radius 1 is 1.10 bits per heavy atom. The highest BCUT2D eigenvalue weighted by molar-refractivity contribution is 5.80. The van der Waals surface area contributed by atoms with E-state index in [0.29, 0.717) is 24.0 Å². The van der Waals surface area contributed by atoms with E-state index >= 15 is 0 Å². The van der Waals surface area contributed by atoms with Crippen molar-refractivity contribution in [1.29, 1.82) is 10.5 Å². The number of nitrogens with zero attached hydrogens (tertiary/aromatic N) is 4. The molecule has 0 amide bonds. The second-order valence-electron chi connectivity index (χ2n) is 6.79. The van der Waals surface area contributed by atoms with E-state index < -0.39 is 28.2 Å². The molecule has 0 aromatic heterocycles. The number of rotatable bonds is 5. The minimum absolute atomic E-state index is 0.0825. The van der Waals surface area contributed by atoms with Crippen LogP contribution in [0.1, 0.15) is 29.0 Å². The van der Waals surface area contributed by atoms with Crippen LogP contribution in [0.4, 0.5) is 5.69 Å². The molecule has 0 N–H and O–H groups in total. The lowest BCUT2D eigenvalue weighted by molar-refractivity contribution is -0.484. The van der Waals surface area contributed by atoms with Gasteiger partial charge in [0.1, 0.15) is 17.7 Å². The number of benzene rings is 2. The monoisotopic (exact) mass is 388 g/mol. The third-order valence-electron chi connectivity index (χ3n) is 5.24. The lowest BCUT2D eigenvalue weighted by Crippen LogP contribution is -2.26. The maximum absolute atomic E-state index is 11.4. The molecule has 2 aromatic carbocycles. The Labute approximate surface area is 166 Å². The Hall–Kier alpha value is -4.04. The zero-order chi connectivity index (χ0) is 21.0. The largest absolute Gasteiger partial charge is 0.269 e. The van der Waals surface area contributed by atoms with Crippen molar-refractivity contribution < 1.29 is 9.85 Å². The van der Waals surface area contributed by atoms with E-state index in [9.17, 15) is 30.8 Å². The summed E-state index contributed by atoms with van der Waals surface area (Å²) < 4.78 is 0. The van der Waals surface area contributed by atoms with Gasteiger partial charge < -0.3 is 0 Å². The molecular formula is C21H16N4O4. The van der Waals surface area contributed by atoms with Crippen molar-refractivity contribution >= 4 is 11.3 Å². The van der Waals surface area contributed by atoms with E-state index in [1.807, 2.05) is 30.3 Å². The molecule has 0 saturated carbocycles. The van der Waals surface area contributed by atoms with Gasteiger partial charge in [-0.3, -0.25) is 20.2 Å². The predicted octanol–water partition coefficient (Wildman–Crippen LogP) is 4.02. The number of non-ortho nitro benzene ring substituents is 1. The molecule has 3 rings (SSSR count). The first-order chi connectivity index (χ1) is 14.0. The number of hydrogen-bond acceptors (Lipinski definition) is 6. The molecule has 0 unspecified atom stereocenters. The van der Waals surface area contributed by atoms with E-state index in [4.69, 9.17) is 0 Å². The van der Waals surface area contributed by atoms with Gasteiger partial charge in [-0.15, -0.1) is 0 Å². The van der Waals surface area contributed by atoms with Crippen LogP contribution in [-0.4, -0.2) is 16.4 Å². The first kappa shape index (κ1) is 19.7. The summed E-state index contributed by atoms with van der Waals surface area (Å²) >= 11 is 0. The number of hydrogen-bond donors (Lipinski definition) is 0. The number of nitro groups is 2. The zero-order valence-corrected chi connectivity index (χ0v) is 15.3. The molecule has 0 heterocycles. The van der Waals surface area contributed by atoms with Gasteiger partial charge in [0, 0.05) is 17.1 Å². The van der Waals surface area contributed by atoms with Gasteiger partial charge in [0.15, 0.2) is 0 Å². The van der Waals surface area contributed by atoms with Crippen LogP contribution in [0.15, 0.2) is 54.1 Å². The highest BCUT2D eigenvalue weighted by atomic mass is 16.6. The number of fused-ring (bicyclic) bond motifs is 1. The molecular weight excluding hydrogens is 372 g/mol. The summed E-state index contributed by atoms with van der Waals surface area (Å²) in [5.74, 6) is -1.18. The van der Waals surface area contributed by atoms with Crippen molar-refractivity contribution in [1.82, 2.24) is 0 Å². The average molecular weight is 388 g/mol. The minimum atomic E-state index is -0.704. The van der Waals surface area contributed by atoms with Crippen molar-refractivity contribution in [3.63, 3.8) is 0 Å². The number of nitro benzene ring substituents is 1. The van der Waals surface area contributed by atoms with Crippen molar-refractivity contribution in [2.45, 2.75) is 18.8 Å². The van der Waals surface area contributed by atoms with Crippen LogP contribution >= 0.6 is 0 Å². The van der Waals surface area contributed by atoms with Crippen LogP contribution in [0, 0.1) is 48.8 Å². The van der Waals surface area contributed by atoms with E-state index in [2.05, 4.69) is 0 Å². The molecule has 1 aliphatic carbocycles. The van der Waals surface area contributed by atoms with E-state index in [1.165, 1.54) is 18.2 Å². The van der Waals surface area contributed by atoms with Crippen molar-refractivity contribution in [2.24, 2.45) is 5.92 Å². The van der Waals surface area contributed by atoms with Gasteiger partial charge in [-0.05, 0) is 41.0 Å². The second-order valence-corrected chi connectivity index (χ2v) is 6.79. The van der Waals surface area contributed by atoms with Gasteiger partial charge in [0.25, 0.3) is 5.69 Å². The van der Waals surface area contributed by atoms with E-state index in [1.54, 1.807) is 12.1 Å². The SMILES string of the molecule is N#CC(C#N)=C1c2ccccc2CC[C@H]1[C@@H](C[N+](=O)[O-])c1cccc([N+](=O)[O-])c1. The molecule has 8 heteroatoms. The zero-order valence-electron chi connectivity index (χ0n) is 15.3. The van der Waals surface area contributed by atoms with Crippen LogP contribution in [0.3, 0.4) is 0 Å². The fourth-order valence-electron chi connectivity index (χ4n) is 4.02. The molecule has 0 bridgehead atoms. The quantitative estimate of drug-likeness (QED) is 0.431. The maximum Gasteiger partial charge on any atom is 0.269 e. The van der Waals surface area contributed by atoms with Crippen molar-refractivity contribution in [3.8, 4) is 12.1 Å². The van der Waals surface area contributed by atoms with Crippen molar-refractivity contribution in [2.75, 3.05) is 6.54 Å². The molecule has 8 nitrogen and oxygen atoms in total. The molecule has 2 aromatic rings. The van der Waals surface area contributed by atoms with E-state index in [0.717, 1.165) is 11.1 Å². The summed E-state index contributed by atoms with van der Waals surface area (Å²) in [5.41, 5.74) is 2.41. The van der Waals surface area contributed by atoms with E-state index in [-0.39, 0.29) is 11.3 Å². The highest BCUT2D eigenvalue weighted by Crippen LogP contribution is 2.45. The van der Waals surface area contributed by atoms with Crippen LogP contribution in [0.2, 0.25) is 0 Å². The van der Waals surface area contributed by atoms with Gasteiger partial charge in [0.2, 0.25) is 6.54 Å². The topological polar surface area (TPSA) is 134 Å². The third kappa shape index (κ3) is 3.97. The standard InChI is InChI=1S/C21H16N4O4/c22-11-16(12-23)21-18-7-2-1-4-14(18)8-9-19(21)20(13-24(26)27)15-5-3-6-17(10-15)25(28)29/h1-7,10,19-20H,8-9,13H2/t19-,20-/m0/s1. The summed E-state index contributed by atoms with van der Waals surface area (Å²) in [6, 6.07) is 17.0. The van der Waals surface area contributed by atoms with Crippen LogP contribution in [0.25, 0.3) is 5.57 Å². The molecule has 0 radical (unpaired) electrons. The Morgan fingerprint density at radius 2 is 1.83 bits per heavy atom. The molecule has 29 heavy (non-hydrogen) atoms. The molecule has 2 atom stereocenters. The maximum atomic E-state index is 11.4. The number of allylic oxidation sites excluding steroid dienone is 2. The number of nitriles is 2. The summed E-state index contributed by atoms with van der Waals surface area (Å²) in [5, 5.41) is 41.6. The summed E-state index contributed by atoms with van der Waals surface area (Å²) in [7, 11) is 0. The lowest BCUT2D eigenvalue weighted by atomic mass is 9.70. The van der Waals surface area contributed by atoms with Crippen LogP contribution in [0.5, 0.6) is 0 Å². The fourth-order valence-corrected chi connectivity index (χ4v) is 4.02. The third-order valence-corrected chi connectivity index (χ3v) is 5.24. The van der Waals surface area contributed by atoms with Gasteiger partial charge >= 0.3 is 0 Å². The molecule has 0 aliphatic heterocycles. The Kier molecular flexibility index (Phi) is 5.66. The van der Waals surface area contributed by atoms with Gasteiger partial charge in [0.05, 0.1) is 10.8 Å². The molecule has 0 saturated heterocycles. The first-order valence-corrected chi connectivity index (χ1v) is 8.95. The molecule has 144 valence electrons. The van der Waals surface area contributed by atoms with Crippen LogP contribution < -0.4 is 0 Å². The Balaban J connectivity index is 2.20. The molecule has 0 spiro atoms. The van der Waals surface area contributed by atoms with Gasteiger partial charge in [-0.25, -0.2) is 0 Å². The number of aryl methyl sites for hydroxylation is 1. The van der Waals surface area contributed by atoms with Gasteiger partial charge in [-0.2, -0.15) is 10.5 Å². The Morgan fingerprint density at radius 3 is 2.48 bits per heavy atom. The molecule has 1 aliphatic rings.